The summed E-state index contributed by atoms with van der Waals surface area (Å²) in [6, 6.07) is 0. The quantitative estimate of drug-likeness (QED) is 0.556. The van der Waals surface area contributed by atoms with E-state index >= 15 is 0 Å². The van der Waals surface area contributed by atoms with Crippen LogP contribution in [-0.2, 0) is 13.0 Å². The number of aromatic amines is 1. The number of nitrogens with one attached hydrogen (secondary N) is 2. The van der Waals surface area contributed by atoms with Crippen molar-refractivity contribution in [1.29, 1.82) is 0 Å². The van der Waals surface area contributed by atoms with Gasteiger partial charge < -0.3 is 10.3 Å². The van der Waals surface area contributed by atoms with Gasteiger partial charge in [-0.05, 0) is 6.42 Å². The van der Waals surface area contributed by atoms with Gasteiger partial charge in [-0.25, -0.2) is 4.98 Å². The van der Waals surface area contributed by atoms with Crippen molar-refractivity contribution in [2.24, 2.45) is 0 Å². The molecular formula is C11H18ClN3. The van der Waals surface area contributed by atoms with E-state index < -0.39 is 0 Å². The van der Waals surface area contributed by atoms with Crippen LogP contribution in [0.25, 0.3) is 0 Å². The second-order valence-corrected chi connectivity index (χ2v) is 3.83. The molecule has 0 radical (unpaired) electrons. The number of unbranched alkanes of at least 4 members (excludes halogenated alkanes) is 1. The Morgan fingerprint density at radius 1 is 1.60 bits per heavy atom. The summed E-state index contributed by atoms with van der Waals surface area (Å²) in [5.41, 5.74) is 0.963. The molecule has 0 bridgehead atoms. The highest BCUT2D eigenvalue weighted by Gasteiger charge is 2.06. The average Bonchev–Trinajstić information content (AvgIpc) is 2.57. The van der Waals surface area contributed by atoms with Crippen molar-refractivity contribution in [3.8, 4) is 0 Å². The number of H-pyrrole nitrogens is 1. The molecule has 0 unspecified atom stereocenters. The third-order valence-electron chi connectivity index (χ3n) is 2.13. The topological polar surface area (TPSA) is 40.7 Å². The van der Waals surface area contributed by atoms with Crippen LogP contribution in [0.4, 0.5) is 0 Å². The van der Waals surface area contributed by atoms with Gasteiger partial charge in [0, 0.05) is 19.5 Å². The molecule has 4 heteroatoms. The van der Waals surface area contributed by atoms with Crippen molar-refractivity contribution in [2.75, 3.05) is 6.54 Å². The Bertz CT molecular complexity index is 307. The molecule has 0 aromatic carbocycles. The van der Waals surface area contributed by atoms with E-state index in [4.69, 9.17) is 11.6 Å². The Labute approximate surface area is 95.9 Å². The highest BCUT2D eigenvalue weighted by Crippen LogP contribution is 2.13. The number of aryl methyl sites for hydroxylation is 1. The fourth-order valence-electron chi connectivity index (χ4n) is 1.32. The minimum absolute atomic E-state index is 0.581. The molecule has 0 saturated heterocycles. The van der Waals surface area contributed by atoms with E-state index in [1.807, 2.05) is 6.08 Å². The van der Waals surface area contributed by atoms with E-state index in [0.29, 0.717) is 11.7 Å². The van der Waals surface area contributed by atoms with Gasteiger partial charge in [-0.3, -0.25) is 0 Å². The minimum atomic E-state index is 0.581. The summed E-state index contributed by atoms with van der Waals surface area (Å²) < 4.78 is 0. The van der Waals surface area contributed by atoms with Crippen molar-refractivity contribution >= 4 is 11.6 Å². The van der Waals surface area contributed by atoms with E-state index in [2.05, 4.69) is 28.8 Å². The van der Waals surface area contributed by atoms with Crippen LogP contribution in [0.3, 0.4) is 0 Å². The summed E-state index contributed by atoms with van der Waals surface area (Å²) in [5, 5.41) is 3.77. The molecule has 1 aromatic rings. The number of halogens is 1. The van der Waals surface area contributed by atoms with E-state index in [0.717, 1.165) is 30.9 Å². The highest BCUT2D eigenvalue weighted by atomic mass is 35.5. The summed E-state index contributed by atoms with van der Waals surface area (Å²) in [6.07, 6.45) is 5.10. The van der Waals surface area contributed by atoms with Gasteiger partial charge in [0.15, 0.2) is 5.15 Å². The lowest BCUT2D eigenvalue weighted by molar-refractivity contribution is 0.731. The van der Waals surface area contributed by atoms with E-state index in [-0.39, 0.29) is 0 Å². The fourth-order valence-corrected chi connectivity index (χ4v) is 1.53. The van der Waals surface area contributed by atoms with Gasteiger partial charge in [-0.1, -0.05) is 31.0 Å². The van der Waals surface area contributed by atoms with Gasteiger partial charge in [0.1, 0.15) is 5.82 Å². The summed E-state index contributed by atoms with van der Waals surface area (Å²) in [7, 11) is 0. The molecule has 0 amide bonds. The molecule has 1 rings (SSSR count). The summed E-state index contributed by atoms with van der Waals surface area (Å²) in [4.78, 5) is 7.51. The predicted molar refractivity (Wildman–Crippen MR) is 64.1 cm³/mol. The molecule has 0 aliphatic rings. The van der Waals surface area contributed by atoms with Crippen molar-refractivity contribution in [2.45, 2.75) is 32.7 Å². The first-order valence-corrected chi connectivity index (χ1v) is 5.70. The summed E-state index contributed by atoms with van der Waals surface area (Å²) >= 11 is 5.99. The predicted octanol–water partition coefficient (Wildman–Crippen LogP) is 2.68. The zero-order valence-electron chi connectivity index (χ0n) is 9.15. The van der Waals surface area contributed by atoms with Crippen LogP contribution in [0.1, 0.15) is 31.3 Å². The normalized spacial score (nSPS) is 10.5. The molecular weight excluding hydrogens is 210 g/mol. The molecule has 3 nitrogen and oxygen atoms in total. The zero-order valence-corrected chi connectivity index (χ0v) is 9.90. The summed E-state index contributed by atoms with van der Waals surface area (Å²) in [5.74, 6) is 0.984. The summed E-state index contributed by atoms with van der Waals surface area (Å²) in [6.45, 7) is 7.29. The van der Waals surface area contributed by atoms with Crippen LogP contribution in [0.2, 0.25) is 5.15 Å². The number of rotatable bonds is 7. The van der Waals surface area contributed by atoms with Gasteiger partial charge in [0.25, 0.3) is 0 Å². The minimum Gasteiger partial charge on any atom is -0.344 e. The maximum atomic E-state index is 5.99. The Hall–Kier alpha value is -0.800. The standard InChI is InChI=1S/C11H18ClN3/c1-3-5-6-10-14-9(11(12)15-10)8-13-7-4-2/h4,13H,2-3,5-8H2,1H3,(H,14,15). The van der Waals surface area contributed by atoms with Gasteiger partial charge in [0.2, 0.25) is 0 Å². The lowest BCUT2D eigenvalue weighted by Crippen LogP contribution is -2.13. The van der Waals surface area contributed by atoms with Crippen LogP contribution in [0.5, 0.6) is 0 Å². The lowest BCUT2D eigenvalue weighted by Gasteiger charge is -1.98. The number of imidazole rings is 1. The molecule has 0 atom stereocenters. The zero-order chi connectivity index (χ0) is 11.1. The van der Waals surface area contributed by atoms with Crippen LogP contribution in [-0.4, -0.2) is 16.5 Å². The smallest absolute Gasteiger partial charge is 0.151 e. The number of hydrogen-bond acceptors (Lipinski definition) is 2. The van der Waals surface area contributed by atoms with Gasteiger partial charge >= 0.3 is 0 Å². The number of hydrogen-bond donors (Lipinski definition) is 2. The van der Waals surface area contributed by atoms with Crippen molar-refractivity contribution in [3.05, 3.63) is 29.3 Å². The van der Waals surface area contributed by atoms with Crippen LogP contribution < -0.4 is 5.32 Å². The molecule has 0 aliphatic carbocycles. The second kappa shape index (κ2) is 6.64. The number of aromatic nitrogens is 2. The van der Waals surface area contributed by atoms with Crippen LogP contribution in [0, 0.1) is 0 Å². The third-order valence-corrected chi connectivity index (χ3v) is 2.45. The Morgan fingerprint density at radius 2 is 2.40 bits per heavy atom. The number of nitrogens with zero attached hydrogens (tertiary/aromatic N) is 1. The molecule has 0 spiro atoms. The first kappa shape index (κ1) is 12.3. The SMILES string of the molecule is C=CCNCc1[nH]c(CCCC)nc1Cl. The molecule has 84 valence electrons. The Balaban J connectivity index is 2.48. The van der Waals surface area contributed by atoms with Crippen molar-refractivity contribution in [1.82, 2.24) is 15.3 Å². The maximum Gasteiger partial charge on any atom is 0.151 e. The van der Waals surface area contributed by atoms with E-state index in [1.54, 1.807) is 0 Å². The molecule has 0 fully saturated rings. The highest BCUT2D eigenvalue weighted by molar-refractivity contribution is 6.30. The third kappa shape index (κ3) is 4.06. The largest absolute Gasteiger partial charge is 0.344 e. The van der Waals surface area contributed by atoms with Crippen LogP contribution >= 0.6 is 11.6 Å². The van der Waals surface area contributed by atoms with Crippen LogP contribution in [0.15, 0.2) is 12.7 Å². The molecule has 15 heavy (non-hydrogen) atoms. The van der Waals surface area contributed by atoms with E-state index in [1.165, 1.54) is 6.42 Å². The van der Waals surface area contributed by atoms with E-state index in [9.17, 15) is 0 Å². The molecule has 0 aliphatic heterocycles. The molecule has 2 N–H and O–H groups in total. The van der Waals surface area contributed by atoms with Gasteiger partial charge in [-0.2, -0.15) is 0 Å². The molecule has 1 aromatic heterocycles. The van der Waals surface area contributed by atoms with Gasteiger partial charge in [-0.15, -0.1) is 6.58 Å². The fraction of sp³-hybridized carbons (Fsp3) is 0.545. The van der Waals surface area contributed by atoms with Gasteiger partial charge in [0.05, 0.1) is 5.69 Å². The first-order valence-electron chi connectivity index (χ1n) is 5.32. The lowest BCUT2D eigenvalue weighted by atomic mass is 10.2. The maximum absolute atomic E-state index is 5.99. The molecule has 0 saturated carbocycles. The monoisotopic (exact) mass is 227 g/mol. The molecule has 1 heterocycles. The van der Waals surface area contributed by atoms with Crippen molar-refractivity contribution in [3.63, 3.8) is 0 Å². The van der Waals surface area contributed by atoms with Crippen molar-refractivity contribution < 1.29 is 0 Å². The first-order chi connectivity index (χ1) is 7.27. The Kier molecular flexibility index (Phi) is 5.43. The second-order valence-electron chi connectivity index (χ2n) is 3.48. The average molecular weight is 228 g/mol. The Morgan fingerprint density at radius 3 is 3.07 bits per heavy atom.